The third-order valence-electron chi connectivity index (χ3n) is 6.26. The number of nitrogens with zero attached hydrogens (tertiary/aromatic N) is 3. The molecule has 0 saturated carbocycles. The van der Waals surface area contributed by atoms with Crippen LogP contribution in [0.1, 0.15) is 54.8 Å². The molecule has 2 aromatic heterocycles. The lowest BCUT2D eigenvalue weighted by Gasteiger charge is -2.25. The number of hydrogen-bond donors (Lipinski definition) is 1. The van der Waals surface area contributed by atoms with Crippen LogP contribution in [0.2, 0.25) is 5.02 Å². The number of halogens is 3. The summed E-state index contributed by atoms with van der Waals surface area (Å²) in [5, 5.41) is 3.90. The van der Waals surface area contributed by atoms with Gasteiger partial charge in [0.15, 0.2) is 0 Å². The van der Waals surface area contributed by atoms with Crippen LogP contribution in [0.3, 0.4) is 0 Å². The van der Waals surface area contributed by atoms with Gasteiger partial charge in [-0.05, 0) is 52.7 Å². The van der Waals surface area contributed by atoms with Crippen LogP contribution in [0.4, 0.5) is 14.6 Å². The molecule has 33 heavy (non-hydrogen) atoms. The Bertz CT molecular complexity index is 1360. The summed E-state index contributed by atoms with van der Waals surface area (Å²) in [7, 11) is -0.412. The Morgan fingerprint density at radius 3 is 2.58 bits per heavy atom. The largest absolute Gasteiger partial charge is 0.363 e. The van der Waals surface area contributed by atoms with E-state index in [1.165, 1.54) is 17.0 Å². The first-order chi connectivity index (χ1) is 15.6. The van der Waals surface area contributed by atoms with E-state index in [2.05, 4.69) is 21.2 Å². The van der Waals surface area contributed by atoms with Crippen LogP contribution in [0.15, 0.2) is 35.4 Å². The molecule has 0 amide bonds. The Kier molecular flexibility index (Phi) is 6.46. The van der Waals surface area contributed by atoms with Crippen molar-refractivity contribution in [3.05, 3.63) is 62.7 Å². The zero-order valence-electron chi connectivity index (χ0n) is 18.4. The second kappa shape index (κ2) is 9.02. The van der Waals surface area contributed by atoms with Crippen molar-refractivity contribution < 1.29 is 13.0 Å². The highest BCUT2D eigenvalue weighted by Gasteiger charge is 2.26. The van der Waals surface area contributed by atoms with E-state index in [-0.39, 0.29) is 22.1 Å². The fourth-order valence-electron chi connectivity index (χ4n) is 4.33. The van der Waals surface area contributed by atoms with E-state index < -0.39 is 22.0 Å². The number of aromatic nitrogens is 3. The van der Waals surface area contributed by atoms with Gasteiger partial charge in [-0.15, -0.1) is 0 Å². The predicted molar refractivity (Wildman–Crippen MR) is 130 cm³/mol. The van der Waals surface area contributed by atoms with Gasteiger partial charge in [-0.1, -0.05) is 29.8 Å². The standard InChI is InChI=1S/C23H25ClF2N4O2S/c1-13(15-5-4-6-16(19(15)24)20(25)26)29-21-18-11-17(14-7-9-33(3,32)10-8-14)23(31)30(2)22(18)28-12-27-21/h4-6,11-14,20H,3,7-10H2,1-2H3,(H,27,28,29)/t13-,14?,33?/m1/s1. The fraction of sp³-hybridized carbons (Fsp3) is 0.391. The summed E-state index contributed by atoms with van der Waals surface area (Å²) in [6.45, 7) is 1.80. The van der Waals surface area contributed by atoms with Gasteiger partial charge in [-0.25, -0.2) is 18.7 Å². The molecular weight excluding hydrogens is 470 g/mol. The molecule has 1 atom stereocenters. The van der Waals surface area contributed by atoms with Gasteiger partial charge in [0.05, 0.1) is 16.5 Å². The molecule has 1 aliphatic rings. The topological polar surface area (TPSA) is 76.9 Å². The van der Waals surface area contributed by atoms with E-state index in [4.69, 9.17) is 11.6 Å². The van der Waals surface area contributed by atoms with Crippen LogP contribution in [-0.2, 0) is 16.6 Å². The predicted octanol–water partition coefficient (Wildman–Crippen LogP) is 4.69. The maximum atomic E-state index is 13.3. The van der Waals surface area contributed by atoms with Gasteiger partial charge in [0.25, 0.3) is 12.0 Å². The number of hydrogen-bond acceptors (Lipinski definition) is 5. The van der Waals surface area contributed by atoms with Crippen LogP contribution >= 0.6 is 11.6 Å². The lowest BCUT2D eigenvalue weighted by molar-refractivity contribution is 0.151. The minimum Gasteiger partial charge on any atom is -0.363 e. The van der Waals surface area contributed by atoms with E-state index in [0.29, 0.717) is 52.3 Å². The molecular formula is C23H25ClF2N4O2S. The molecule has 3 aromatic rings. The molecule has 10 heteroatoms. The van der Waals surface area contributed by atoms with Crippen molar-refractivity contribution in [2.75, 3.05) is 16.8 Å². The third-order valence-corrected chi connectivity index (χ3v) is 8.66. The van der Waals surface area contributed by atoms with Gasteiger partial charge in [0.1, 0.15) is 17.8 Å². The van der Waals surface area contributed by atoms with Gasteiger partial charge < -0.3 is 5.32 Å². The average Bonchev–Trinajstić information content (AvgIpc) is 2.76. The molecule has 176 valence electrons. The minimum atomic E-state index is -2.68. The molecule has 6 nitrogen and oxygen atoms in total. The molecule has 4 rings (SSSR count). The highest BCUT2D eigenvalue weighted by Crippen LogP contribution is 2.35. The Labute approximate surface area is 196 Å². The first-order valence-electron chi connectivity index (χ1n) is 10.6. The zero-order valence-corrected chi connectivity index (χ0v) is 19.9. The van der Waals surface area contributed by atoms with E-state index >= 15 is 0 Å². The van der Waals surface area contributed by atoms with Crippen molar-refractivity contribution in [1.29, 1.82) is 0 Å². The zero-order chi connectivity index (χ0) is 23.9. The van der Waals surface area contributed by atoms with E-state index in [9.17, 15) is 17.8 Å². The van der Waals surface area contributed by atoms with Crippen LogP contribution in [0, 0.1) is 0 Å². The number of benzene rings is 1. The number of anilines is 1. The van der Waals surface area contributed by atoms with Gasteiger partial charge in [0, 0.05) is 29.7 Å². The van der Waals surface area contributed by atoms with Crippen LogP contribution in [-0.4, -0.2) is 36.1 Å². The number of fused-ring (bicyclic) bond motifs is 1. The molecule has 0 unspecified atom stereocenters. The highest BCUT2D eigenvalue weighted by atomic mass is 35.5. The second-order valence-corrected chi connectivity index (χ2v) is 11.6. The van der Waals surface area contributed by atoms with E-state index in [1.807, 2.05) is 0 Å². The van der Waals surface area contributed by atoms with Crippen molar-refractivity contribution in [3.8, 4) is 0 Å². The van der Waals surface area contributed by atoms with Crippen molar-refractivity contribution in [2.45, 2.75) is 38.2 Å². The van der Waals surface area contributed by atoms with Crippen molar-refractivity contribution in [1.82, 2.24) is 14.5 Å². The summed E-state index contributed by atoms with van der Waals surface area (Å²) in [5.41, 5.74) is 1.24. The summed E-state index contributed by atoms with van der Waals surface area (Å²) in [4.78, 5) is 21.7. The first kappa shape index (κ1) is 23.6. The Morgan fingerprint density at radius 2 is 1.91 bits per heavy atom. The molecule has 1 saturated heterocycles. The van der Waals surface area contributed by atoms with Gasteiger partial charge in [-0.3, -0.25) is 13.6 Å². The summed E-state index contributed by atoms with van der Waals surface area (Å²) < 4.78 is 40.3. The normalized spacial score (nSPS) is 21.9. The Balaban J connectivity index is 1.74. The molecule has 0 aliphatic carbocycles. The smallest absolute Gasteiger partial charge is 0.265 e. The Morgan fingerprint density at radius 1 is 1.24 bits per heavy atom. The van der Waals surface area contributed by atoms with Crippen LogP contribution in [0.25, 0.3) is 11.0 Å². The molecule has 3 heterocycles. The van der Waals surface area contributed by atoms with Crippen molar-refractivity contribution >= 4 is 43.8 Å². The van der Waals surface area contributed by atoms with Crippen molar-refractivity contribution in [2.24, 2.45) is 7.05 Å². The number of rotatable bonds is 5. The van der Waals surface area contributed by atoms with E-state index in [0.717, 1.165) is 0 Å². The van der Waals surface area contributed by atoms with Crippen LogP contribution < -0.4 is 10.9 Å². The molecule has 1 aliphatic heterocycles. The average molecular weight is 495 g/mol. The van der Waals surface area contributed by atoms with E-state index in [1.54, 1.807) is 32.2 Å². The minimum absolute atomic E-state index is 0.0120. The lowest BCUT2D eigenvalue weighted by atomic mass is 9.94. The monoisotopic (exact) mass is 494 g/mol. The molecule has 0 radical (unpaired) electrons. The van der Waals surface area contributed by atoms with Gasteiger partial charge in [0.2, 0.25) is 0 Å². The summed E-state index contributed by atoms with van der Waals surface area (Å²) in [5.74, 6) is 5.24. The molecule has 0 spiro atoms. The fourth-order valence-corrected chi connectivity index (χ4v) is 6.33. The van der Waals surface area contributed by atoms with Crippen molar-refractivity contribution in [3.63, 3.8) is 0 Å². The lowest BCUT2D eigenvalue weighted by Crippen LogP contribution is -2.29. The summed E-state index contributed by atoms with van der Waals surface area (Å²) in [6, 6.07) is 5.91. The van der Waals surface area contributed by atoms with Gasteiger partial charge in [-0.2, -0.15) is 0 Å². The Hall–Kier alpha value is -2.52. The first-order valence-corrected chi connectivity index (χ1v) is 13.0. The number of aryl methyl sites for hydroxylation is 1. The maximum Gasteiger partial charge on any atom is 0.265 e. The molecule has 0 bridgehead atoms. The number of nitrogens with one attached hydrogen (secondary N) is 1. The summed E-state index contributed by atoms with van der Waals surface area (Å²) in [6.07, 6.45) is -0.0606. The molecule has 1 aromatic carbocycles. The number of alkyl halides is 2. The second-order valence-electron chi connectivity index (χ2n) is 8.49. The number of pyridine rings is 1. The molecule has 1 N–H and O–H groups in total. The SMILES string of the molecule is C=S1(=O)CCC(c2cc3c(N[C@H](C)c4cccc(C(F)F)c4Cl)ncnc3n(C)c2=O)CC1. The third kappa shape index (κ3) is 4.61. The van der Waals surface area contributed by atoms with Gasteiger partial charge >= 0.3 is 0 Å². The highest BCUT2D eigenvalue weighted by molar-refractivity contribution is 8.00. The maximum absolute atomic E-state index is 13.3. The molecule has 1 fully saturated rings. The van der Waals surface area contributed by atoms with Crippen LogP contribution in [0.5, 0.6) is 0 Å². The quantitative estimate of drug-likeness (QED) is 0.521. The summed E-state index contributed by atoms with van der Waals surface area (Å²) >= 11 is 6.25.